The number of nitrogens with two attached hydrogens (primary N) is 1. The molecule has 3 amide bonds. The third-order valence-electron chi connectivity index (χ3n) is 3.81. The van der Waals surface area contributed by atoms with Crippen LogP contribution >= 0.6 is 0 Å². The molecule has 0 aliphatic carbocycles. The number of benzene rings is 1. The molecule has 0 radical (unpaired) electrons. The van der Waals surface area contributed by atoms with Gasteiger partial charge in [0.05, 0.1) is 11.1 Å². The second-order valence-electron chi connectivity index (χ2n) is 5.43. The van der Waals surface area contributed by atoms with Crippen LogP contribution in [0.2, 0.25) is 0 Å². The fourth-order valence-corrected chi connectivity index (χ4v) is 2.78. The number of carbonyl (C=O) groups is 4. The van der Waals surface area contributed by atoms with Gasteiger partial charge in [-0.15, -0.1) is 0 Å². The highest BCUT2D eigenvalue weighted by Gasteiger charge is 2.43. The van der Waals surface area contributed by atoms with Crippen LogP contribution in [0.4, 0.5) is 0 Å². The van der Waals surface area contributed by atoms with Gasteiger partial charge in [0.25, 0.3) is 11.8 Å². The average Bonchev–Trinajstić information content (AvgIpc) is 2.73. The molecule has 122 valence electrons. The van der Waals surface area contributed by atoms with Crippen molar-refractivity contribution in [1.29, 1.82) is 0 Å². The number of carboxylic acid groups (broad SMARTS) is 1. The summed E-state index contributed by atoms with van der Waals surface area (Å²) in [7, 11) is 0. The van der Waals surface area contributed by atoms with E-state index < -0.39 is 29.7 Å². The Balaban J connectivity index is 2.40. The highest BCUT2D eigenvalue weighted by molar-refractivity contribution is 6.23. The Labute approximate surface area is 133 Å². The van der Waals surface area contributed by atoms with Gasteiger partial charge < -0.3 is 10.8 Å². The minimum atomic E-state index is -1.40. The molecule has 3 N–H and O–H groups in total. The molecule has 0 bridgehead atoms. The summed E-state index contributed by atoms with van der Waals surface area (Å²) in [6.45, 7) is 1.95. The number of amides is 3. The van der Waals surface area contributed by atoms with Crippen LogP contribution in [0.1, 0.15) is 52.5 Å². The molecule has 1 aromatic rings. The largest absolute Gasteiger partial charge is 0.480 e. The molecule has 1 aromatic carbocycles. The molecule has 0 saturated heterocycles. The first-order valence-electron chi connectivity index (χ1n) is 7.39. The summed E-state index contributed by atoms with van der Waals surface area (Å²) in [5.74, 6) is -3.27. The first-order chi connectivity index (χ1) is 10.9. The van der Waals surface area contributed by atoms with Gasteiger partial charge in [0.2, 0.25) is 5.91 Å². The van der Waals surface area contributed by atoms with E-state index in [4.69, 9.17) is 5.73 Å². The lowest BCUT2D eigenvalue weighted by Gasteiger charge is -2.22. The van der Waals surface area contributed by atoms with Gasteiger partial charge >= 0.3 is 5.97 Å². The number of aliphatic carboxylic acids is 1. The SMILES string of the molecule is CCCc1cccc2c1C(=O)N(C(CCC(N)=O)C(=O)O)C2=O. The number of aryl methyl sites for hydroxylation is 1. The number of primary amides is 1. The summed E-state index contributed by atoms with van der Waals surface area (Å²) in [6.07, 6.45) is 1.00. The molecule has 1 atom stereocenters. The molecule has 2 rings (SSSR count). The Morgan fingerprint density at radius 2 is 1.96 bits per heavy atom. The molecule has 7 heteroatoms. The fraction of sp³-hybridized carbons (Fsp3) is 0.375. The van der Waals surface area contributed by atoms with Crippen molar-refractivity contribution in [3.05, 3.63) is 34.9 Å². The van der Waals surface area contributed by atoms with E-state index in [1.54, 1.807) is 12.1 Å². The topological polar surface area (TPSA) is 118 Å². The van der Waals surface area contributed by atoms with E-state index in [0.29, 0.717) is 6.42 Å². The van der Waals surface area contributed by atoms with E-state index in [0.717, 1.165) is 16.9 Å². The molecule has 7 nitrogen and oxygen atoms in total. The Morgan fingerprint density at radius 1 is 1.26 bits per heavy atom. The van der Waals surface area contributed by atoms with E-state index in [-0.39, 0.29) is 24.0 Å². The summed E-state index contributed by atoms with van der Waals surface area (Å²) in [6, 6.07) is 3.56. The Hall–Kier alpha value is -2.70. The molecule has 0 saturated carbocycles. The first-order valence-corrected chi connectivity index (χ1v) is 7.39. The van der Waals surface area contributed by atoms with Crippen LogP contribution in [0.5, 0.6) is 0 Å². The Morgan fingerprint density at radius 3 is 2.52 bits per heavy atom. The Kier molecular flexibility index (Phi) is 4.78. The Bertz CT molecular complexity index is 683. The number of carboxylic acids is 1. The van der Waals surface area contributed by atoms with Crippen molar-refractivity contribution in [1.82, 2.24) is 4.90 Å². The van der Waals surface area contributed by atoms with Crippen molar-refractivity contribution < 1.29 is 24.3 Å². The third kappa shape index (κ3) is 3.08. The number of fused-ring (bicyclic) bond motifs is 1. The fourth-order valence-electron chi connectivity index (χ4n) is 2.78. The predicted octanol–water partition coefficient (Wildman–Crippen LogP) is 0.954. The number of nitrogens with zero attached hydrogens (tertiary/aromatic N) is 1. The summed E-state index contributed by atoms with van der Waals surface area (Å²) < 4.78 is 0. The van der Waals surface area contributed by atoms with E-state index in [9.17, 15) is 24.3 Å². The summed E-state index contributed by atoms with van der Waals surface area (Å²) in [4.78, 5) is 48.2. The maximum atomic E-state index is 12.6. The zero-order valence-electron chi connectivity index (χ0n) is 12.7. The van der Waals surface area contributed by atoms with Crippen LogP contribution in [0.15, 0.2) is 18.2 Å². The van der Waals surface area contributed by atoms with Gasteiger partial charge in [-0.25, -0.2) is 4.79 Å². The molecule has 0 spiro atoms. The summed E-state index contributed by atoms with van der Waals surface area (Å²) in [5.41, 5.74) is 6.25. The molecular formula is C16H18N2O5. The van der Waals surface area contributed by atoms with Crippen molar-refractivity contribution >= 4 is 23.7 Å². The van der Waals surface area contributed by atoms with Crippen LogP contribution in [0.3, 0.4) is 0 Å². The molecule has 0 fully saturated rings. The van der Waals surface area contributed by atoms with Crippen molar-refractivity contribution in [2.24, 2.45) is 5.73 Å². The molecule has 0 aromatic heterocycles. The van der Waals surface area contributed by atoms with Gasteiger partial charge in [0.1, 0.15) is 6.04 Å². The molecule has 1 aliphatic rings. The smallest absolute Gasteiger partial charge is 0.326 e. The van der Waals surface area contributed by atoms with Crippen molar-refractivity contribution in [2.45, 2.75) is 38.6 Å². The zero-order chi connectivity index (χ0) is 17.1. The number of carbonyl (C=O) groups excluding carboxylic acids is 3. The van der Waals surface area contributed by atoms with Gasteiger partial charge in [0, 0.05) is 6.42 Å². The normalized spacial score (nSPS) is 14.7. The van der Waals surface area contributed by atoms with E-state index in [2.05, 4.69) is 0 Å². The van der Waals surface area contributed by atoms with Gasteiger partial charge in [-0.3, -0.25) is 19.3 Å². The van der Waals surface area contributed by atoms with Crippen LogP contribution in [-0.4, -0.2) is 39.7 Å². The standard InChI is InChI=1S/C16H18N2O5/c1-2-4-9-5-3-6-10-13(9)15(21)18(14(10)20)11(16(22)23)7-8-12(17)19/h3,5-6,11H,2,4,7-8H2,1H3,(H2,17,19)(H,22,23). The molecule has 23 heavy (non-hydrogen) atoms. The lowest BCUT2D eigenvalue weighted by Crippen LogP contribution is -2.45. The first kappa shape index (κ1) is 16.7. The van der Waals surface area contributed by atoms with E-state index in [1.807, 2.05) is 6.92 Å². The molecule has 1 heterocycles. The molecule has 1 aliphatic heterocycles. The third-order valence-corrected chi connectivity index (χ3v) is 3.81. The summed E-state index contributed by atoms with van der Waals surface area (Å²) in [5, 5.41) is 9.34. The minimum Gasteiger partial charge on any atom is -0.480 e. The lowest BCUT2D eigenvalue weighted by molar-refractivity contribution is -0.141. The van der Waals surface area contributed by atoms with Crippen LogP contribution < -0.4 is 5.73 Å². The van der Waals surface area contributed by atoms with Crippen LogP contribution in [0.25, 0.3) is 0 Å². The van der Waals surface area contributed by atoms with Crippen LogP contribution in [-0.2, 0) is 16.0 Å². The number of imide groups is 1. The maximum absolute atomic E-state index is 12.6. The number of rotatable bonds is 7. The second-order valence-corrected chi connectivity index (χ2v) is 5.43. The van der Waals surface area contributed by atoms with Crippen molar-refractivity contribution in [2.75, 3.05) is 0 Å². The highest BCUT2D eigenvalue weighted by Crippen LogP contribution is 2.29. The average molecular weight is 318 g/mol. The minimum absolute atomic E-state index is 0.195. The lowest BCUT2D eigenvalue weighted by atomic mass is 9.99. The van der Waals surface area contributed by atoms with Crippen LogP contribution in [0, 0.1) is 0 Å². The van der Waals surface area contributed by atoms with Gasteiger partial charge in [-0.05, 0) is 24.5 Å². The molecular weight excluding hydrogens is 300 g/mol. The quantitative estimate of drug-likeness (QED) is 0.726. The number of hydrogen-bond acceptors (Lipinski definition) is 4. The second kappa shape index (κ2) is 6.60. The monoisotopic (exact) mass is 318 g/mol. The van der Waals surface area contributed by atoms with Gasteiger partial charge in [-0.1, -0.05) is 25.5 Å². The molecule has 1 unspecified atom stereocenters. The number of hydrogen-bond donors (Lipinski definition) is 2. The van der Waals surface area contributed by atoms with Gasteiger partial charge in [0.15, 0.2) is 0 Å². The van der Waals surface area contributed by atoms with Crippen molar-refractivity contribution in [3.8, 4) is 0 Å². The maximum Gasteiger partial charge on any atom is 0.326 e. The zero-order valence-corrected chi connectivity index (χ0v) is 12.7. The van der Waals surface area contributed by atoms with E-state index >= 15 is 0 Å². The van der Waals surface area contributed by atoms with Crippen molar-refractivity contribution in [3.63, 3.8) is 0 Å². The van der Waals surface area contributed by atoms with E-state index in [1.165, 1.54) is 6.07 Å². The summed E-state index contributed by atoms with van der Waals surface area (Å²) >= 11 is 0. The highest BCUT2D eigenvalue weighted by atomic mass is 16.4. The van der Waals surface area contributed by atoms with Gasteiger partial charge in [-0.2, -0.15) is 0 Å². The predicted molar refractivity (Wildman–Crippen MR) is 80.8 cm³/mol.